The molecule has 7 heteroatoms. The molecule has 0 aliphatic heterocycles. The van der Waals surface area contributed by atoms with Crippen molar-refractivity contribution in [1.82, 2.24) is 4.98 Å². The molecule has 2 aromatic rings. The first-order valence-electron chi connectivity index (χ1n) is 7.65. The van der Waals surface area contributed by atoms with Gasteiger partial charge in [-0.2, -0.15) is 0 Å². The fourth-order valence-electron chi connectivity index (χ4n) is 2.12. The van der Waals surface area contributed by atoms with Crippen molar-refractivity contribution < 1.29 is 23.8 Å². The number of carbonyl (C=O) groups excluding carboxylic acids is 2. The summed E-state index contributed by atoms with van der Waals surface area (Å²) in [6.07, 6.45) is 0.537. The maximum Gasteiger partial charge on any atom is 0.340 e. The van der Waals surface area contributed by atoms with Gasteiger partial charge in [0.25, 0.3) is 0 Å². The zero-order valence-corrected chi connectivity index (χ0v) is 15.5. The van der Waals surface area contributed by atoms with Gasteiger partial charge in [-0.3, -0.25) is 4.79 Å². The van der Waals surface area contributed by atoms with Crippen molar-refractivity contribution in [3.05, 3.63) is 58.2 Å². The summed E-state index contributed by atoms with van der Waals surface area (Å²) in [6.45, 7) is 1.99. The lowest BCUT2D eigenvalue weighted by molar-refractivity contribution is -0.145. The predicted octanol–water partition coefficient (Wildman–Crippen LogP) is 3.70. The Morgan fingerprint density at radius 1 is 1.24 bits per heavy atom. The third kappa shape index (κ3) is 5.56. The molecule has 0 N–H and O–H groups in total. The molecule has 0 aliphatic rings. The monoisotopic (exact) mass is 407 g/mol. The Kier molecular flexibility index (Phi) is 6.94. The number of nitrogens with zero attached hydrogens (tertiary/aromatic N) is 1. The second-order valence-corrected chi connectivity index (χ2v) is 5.96. The molecule has 1 heterocycles. The highest BCUT2D eigenvalue weighted by Crippen LogP contribution is 2.26. The number of ether oxygens (including phenoxy) is 3. The number of aromatic nitrogens is 1. The summed E-state index contributed by atoms with van der Waals surface area (Å²) in [5.41, 5.74) is 0.960. The molecular formula is C18H18BrNO5. The van der Waals surface area contributed by atoms with Gasteiger partial charge < -0.3 is 14.2 Å². The Bertz CT molecular complexity index is 733. The maximum atomic E-state index is 12.4. The molecule has 132 valence electrons. The average molecular weight is 408 g/mol. The van der Waals surface area contributed by atoms with E-state index in [1.807, 2.05) is 6.07 Å². The standard InChI is InChI=1S/C18H18BrNO5/c1-3-24-17(21)10-15(12-5-4-6-14(19)9-12)25-18(22)13-7-8-16(23-2)20-11-13/h4-9,11,15H,3,10H2,1-2H3. The van der Waals surface area contributed by atoms with Crippen LogP contribution in [-0.2, 0) is 14.3 Å². The molecule has 0 fully saturated rings. The highest BCUT2D eigenvalue weighted by molar-refractivity contribution is 9.10. The Hall–Kier alpha value is -2.41. The van der Waals surface area contributed by atoms with E-state index in [2.05, 4.69) is 20.9 Å². The van der Waals surface area contributed by atoms with Gasteiger partial charge in [0.1, 0.15) is 6.10 Å². The van der Waals surface area contributed by atoms with Crippen LogP contribution in [0.5, 0.6) is 5.88 Å². The molecule has 0 spiro atoms. The second-order valence-electron chi connectivity index (χ2n) is 5.05. The van der Waals surface area contributed by atoms with Gasteiger partial charge in [0.05, 0.1) is 25.7 Å². The van der Waals surface area contributed by atoms with Crippen molar-refractivity contribution in [3.63, 3.8) is 0 Å². The van der Waals surface area contributed by atoms with E-state index in [1.165, 1.54) is 13.3 Å². The molecule has 25 heavy (non-hydrogen) atoms. The van der Waals surface area contributed by atoms with Crippen LogP contribution in [0.15, 0.2) is 47.1 Å². The normalized spacial score (nSPS) is 11.5. The molecule has 2 rings (SSSR count). The molecular weight excluding hydrogens is 390 g/mol. The summed E-state index contributed by atoms with van der Waals surface area (Å²) in [5, 5.41) is 0. The van der Waals surface area contributed by atoms with Crippen LogP contribution >= 0.6 is 15.9 Å². The molecule has 1 aromatic heterocycles. The Labute approximate surface area is 154 Å². The molecule has 0 amide bonds. The van der Waals surface area contributed by atoms with E-state index >= 15 is 0 Å². The molecule has 1 unspecified atom stereocenters. The third-order valence-electron chi connectivity index (χ3n) is 3.31. The second kappa shape index (κ2) is 9.17. The molecule has 0 saturated heterocycles. The number of pyridine rings is 1. The summed E-state index contributed by atoms with van der Waals surface area (Å²) in [6, 6.07) is 10.4. The minimum absolute atomic E-state index is 0.0698. The van der Waals surface area contributed by atoms with Crippen LogP contribution in [0.1, 0.15) is 35.4 Å². The van der Waals surface area contributed by atoms with E-state index in [1.54, 1.807) is 37.3 Å². The minimum Gasteiger partial charge on any atom is -0.481 e. The molecule has 0 saturated carbocycles. The van der Waals surface area contributed by atoms with E-state index in [0.717, 1.165) is 4.47 Å². The molecule has 0 bridgehead atoms. The number of carbonyl (C=O) groups is 2. The molecule has 0 aliphatic carbocycles. The first-order valence-corrected chi connectivity index (χ1v) is 8.45. The Balaban J connectivity index is 2.19. The van der Waals surface area contributed by atoms with Crippen molar-refractivity contribution in [1.29, 1.82) is 0 Å². The van der Waals surface area contributed by atoms with Gasteiger partial charge in [0.2, 0.25) is 5.88 Å². The van der Waals surface area contributed by atoms with Gasteiger partial charge in [0.15, 0.2) is 0 Å². The van der Waals surface area contributed by atoms with Crippen LogP contribution in [-0.4, -0.2) is 30.6 Å². The Morgan fingerprint density at radius 3 is 2.64 bits per heavy atom. The van der Waals surface area contributed by atoms with E-state index < -0.39 is 18.0 Å². The summed E-state index contributed by atoms with van der Waals surface area (Å²) in [5.74, 6) is -0.621. The summed E-state index contributed by atoms with van der Waals surface area (Å²) in [4.78, 5) is 28.2. The lowest BCUT2D eigenvalue weighted by atomic mass is 10.1. The van der Waals surface area contributed by atoms with E-state index in [4.69, 9.17) is 14.2 Å². The van der Waals surface area contributed by atoms with Gasteiger partial charge in [0, 0.05) is 16.7 Å². The number of halogens is 1. The topological polar surface area (TPSA) is 74.7 Å². The van der Waals surface area contributed by atoms with Gasteiger partial charge in [-0.1, -0.05) is 28.1 Å². The highest BCUT2D eigenvalue weighted by atomic mass is 79.9. The van der Waals surface area contributed by atoms with Crippen molar-refractivity contribution in [2.45, 2.75) is 19.4 Å². The molecule has 6 nitrogen and oxygen atoms in total. The SMILES string of the molecule is CCOC(=O)CC(OC(=O)c1ccc(OC)nc1)c1cccc(Br)c1. The van der Waals surface area contributed by atoms with Crippen LogP contribution in [0.3, 0.4) is 0 Å². The quantitative estimate of drug-likeness (QED) is 0.651. The lowest BCUT2D eigenvalue weighted by Gasteiger charge is -2.18. The first kappa shape index (κ1) is 18.9. The largest absolute Gasteiger partial charge is 0.481 e. The number of esters is 2. The summed E-state index contributed by atoms with van der Waals surface area (Å²) >= 11 is 3.37. The predicted molar refractivity (Wildman–Crippen MR) is 94.3 cm³/mol. The van der Waals surface area contributed by atoms with Crippen LogP contribution in [0.25, 0.3) is 0 Å². The smallest absolute Gasteiger partial charge is 0.340 e. The van der Waals surface area contributed by atoms with Crippen LogP contribution in [0, 0.1) is 0 Å². The maximum absolute atomic E-state index is 12.4. The summed E-state index contributed by atoms with van der Waals surface area (Å²) in [7, 11) is 1.49. The fourth-order valence-corrected chi connectivity index (χ4v) is 2.54. The average Bonchev–Trinajstić information content (AvgIpc) is 2.61. The van der Waals surface area contributed by atoms with Crippen LogP contribution in [0.2, 0.25) is 0 Å². The fraction of sp³-hybridized carbons (Fsp3) is 0.278. The minimum atomic E-state index is -0.758. The lowest BCUT2D eigenvalue weighted by Crippen LogP contribution is -2.17. The molecule has 0 radical (unpaired) electrons. The number of benzene rings is 1. The number of methoxy groups -OCH3 is 1. The van der Waals surface area contributed by atoms with Crippen molar-refractivity contribution >= 4 is 27.9 Å². The van der Waals surface area contributed by atoms with Crippen molar-refractivity contribution in [3.8, 4) is 5.88 Å². The van der Waals surface area contributed by atoms with Gasteiger partial charge in [-0.15, -0.1) is 0 Å². The molecule has 1 atom stereocenters. The van der Waals surface area contributed by atoms with E-state index in [-0.39, 0.29) is 18.6 Å². The van der Waals surface area contributed by atoms with Gasteiger partial charge in [-0.05, 0) is 30.7 Å². The van der Waals surface area contributed by atoms with Gasteiger partial charge in [-0.25, -0.2) is 9.78 Å². The van der Waals surface area contributed by atoms with Gasteiger partial charge >= 0.3 is 11.9 Å². The van der Waals surface area contributed by atoms with Crippen LogP contribution < -0.4 is 4.74 Å². The van der Waals surface area contributed by atoms with Crippen LogP contribution in [0.4, 0.5) is 0 Å². The summed E-state index contributed by atoms with van der Waals surface area (Å²) < 4.78 is 16.3. The first-order chi connectivity index (χ1) is 12.0. The zero-order valence-electron chi connectivity index (χ0n) is 13.9. The van der Waals surface area contributed by atoms with Crippen molar-refractivity contribution in [2.24, 2.45) is 0 Å². The zero-order chi connectivity index (χ0) is 18.2. The molecule has 1 aromatic carbocycles. The highest BCUT2D eigenvalue weighted by Gasteiger charge is 2.22. The van der Waals surface area contributed by atoms with E-state index in [9.17, 15) is 9.59 Å². The Morgan fingerprint density at radius 2 is 2.04 bits per heavy atom. The third-order valence-corrected chi connectivity index (χ3v) is 3.80. The number of hydrogen-bond acceptors (Lipinski definition) is 6. The number of hydrogen-bond donors (Lipinski definition) is 0. The number of rotatable bonds is 7. The van der Waals surface area contributed by atoms with E-state index in [0.29, 0.717) is 11.4 Å². The van der Waals surface area contributed by atoms with Crippen molar-refractivity contribution in [2.75, 3.05) is 13.7 Å².